The summed E-state index contributed by atoms with van der Waals surface area (Å²) in [6.07, 6.45) is 16.6. The minimum Gasteiger partial charge on any atom is -0.494 e. The Bertz CT molecular complexity index is 1210. The number of hydrogen-bond acceptors (Lipinski definition) is 7. The maximum absolute atomic E-state index is 10.5. The first-order valence-corrected chi connectivity index (χ1v) is 15.3. The van der Waals surface area contributed by atoms with Crippen LogP contribution < -0.4 is 16.0 Å². The molecule has 4 heterocycles. The van der Waals surface area contributed by atoms with E-state index in [9.17, 15) is 4.79 Å². The lowest BCUT2D eigenvalue weighted by molar-refractivity contribution is -0.105. The molecule has 2 aliphatic heterocycles. The number of likely N-dealkylation sites (tertiary alicyclic amines) is 1. The van der Waals surface area contributed by atoms with Gasteiger partial charge < -0.3 is 25.6 Å². The zero-order valence-electron chi connectivity index (χ0n) is 23.3. The van der Waals surface area contributed by atoms with Crippen LogP contribution in [0.5, 0.6) is 0 Å². The van der Waals surface area contributed by atoms with Gasteiger partial charge in [-0.15, -0.1) is 11.3 Å². The van der Waals surface area contributed by atoms with Crippen molar-refractivity contribution in [3.05, 3.63) is 81.5 Å². The van der Waals surface area contributed by atoms with Crippen molar-refractivity contribution in [3.63, 3.8) is 0 Å². The summed E-state index contributed by atoms with van der Waals surface area (Å²) in [6, 6.07) is 5.42. The fourth-order valence-electron chi connectivity index (χ4n) is 4.91. The fraction of sp³-hybridized carbons (Fsp3) is 0.419. The number of hydrogen-bond donors (Lipinski definition) is 3. The van der Waals surface area contributed by atoms with Crippen molar-refractivity contribution in [3.8, 4) is 0 Å². The summed E-state index contributed by atoms with van der Waals surface area (Å²) in [5, 5.41) is 11.7. The monoisotopic (exact) mass is 581 g/mol. The fourth-order valence-corrected chi connectivity index (χ4v) is 5.86. The molecule has 214 valence electrons. The number of amides is 1. The van der Waals surface area contributed by atoms with E-state index in [-0.39, 0.29) is 0 Å². The van der Waals surface area contributed by atoms with Crippen molar-refractivity contribution < 1.29 is 9.53 Å². The number of nitrogens with one attached hydrogen (secondary N) is 3. The zero-order valence-corrected chi connectivity index (χ0v) is 24.8. The Labute approximate surface area is 247 Å². The topological polar surface area (TPSA) is 78.5 Å². The van der Waals surface area contributed by atoms with Crippen LogP contribution in [0.2, 0.25) is 5.02 Å². The van der Waals surface area contributed by atoms with Gasteiger partial charge >= 0.3 is 0 Å². The lowest BCUT2D eigenvalue weighted by Crippen LogP contribution is -2.32. The molecule has 0 radical (unpaired) electrons. The molecule has 2 saturated heterocycles. The Balaban J connectivity index is 0.000000186. The van der Waals surface area contributed by atoms with E-state index in [1.165, 1.54) is 54.3 Å². The van der Waals surface area contributed by atoms with E-state index in [4.69, 9.17) is 16.3 Å². The van der Waals surface area contributed by atoms with Crippen molar-refractivity contribution in [2.75, 3.05) is 43.4 Å². The average Bonchev–Trinajstić information content (AvgIpc) is 3.67. The third-order valence-electron chi connectivity index (χ3n) is 7.15. The van der Waals surface area contributed by atoms with Gasteiger partial charge in [-0.3, -0.25) is 4.79 Å². The molecule has 0 aromatic carbocycles. The van der Waals surface area contributed by atoms with E-state index in [0.29, 0.717) is 24.1 Å². The molecule has 1 amide bonds. The molecule has 0 bridgehead atoms. The van der Waals surface area contributed by atoms with Gasteiger partial charge in [-0.05, 0) is 92.9 Å². The maximum Gasteiger partial charge on any atom is 0.211 e. The third-order valence-corrected chi connectivity index (χ3v) is 8.39. The van der Waals surface area contributed by atoms with Crippen LogP contribution in [0.15, 0.2) is 71.6 Å². The average molecular weight is 582 g/mol. The molecule has 0 saturated carbocycles. The van der Waals surface area contributed by atoms with E-state index in [2.05, 4.69) is 57.6 Å². The molecule has 3 aliphatic rings. The first-order chi connectivity index (χ1) is 19.5. The molecular weight excluding hydrogens is 542 g/mol. The Morgan fingerprint density at radius 3 is 2.77 bits per heavy atom. The molecular formula is C31H40ClN5O2S. The second-order valence-electron chi connectivity index (χ2n) is 10.1. The largest absolute Gasteiger partial charge is 0.494 e. The highest BCUT2D eigenvalue weighted by Crippen LogP contribution is 2.29. The quantitative estimate of drug-likeness (QED) is 0.281. The van der Waals surface area contributed by atoms with Crippen LogP contribution >= 0.6 is 22.9 Å². The lowest BCUT2D eigenvalue weighted by Gasteiger charge is -2.27. The van der Waals surface area contributed by atoms with E-state index < -0.39 is 0 Å². The van der Waals surface area contributed by atoms with Gasteiger partial charge in [0.2, 0.25) is 6.41 Å². The van der Waals surface area contributed by atoms with Crippen molar-refractivity contribution in [2.45, 2.75) is 51.6 Å². The highest BCUT2D eigenvalue weighted by molar-refractivity contribution is 7.11. The number of ether oxygens (including phenoxy) is 1. The highest BCUT2D eigenvalue weighted by atomic mass is 35.5. The minimum atomic E-state index is 0.408. The number of halogens is 1. The van der Waals surface area contributed by atoms with E-state index in [0.717, 1.165) is 60.7 Å². The summed E-state index contributed by atoms with van der Waals surface area (Å²) in [7, 11) is 0. The summed E-state index contributed by atoms with van der Waals surface area (Å²) in [5.74, 6) is 1.93. The van der Waals surface area contributed by atoms with Crippen molar-refractivity contribution in [1.29, 1.82) is 0 Å². The molecule has 0 atom stereocenters. The smallest absolute Gasteiger partial charge is 0.211 e. The number of thiophene rings is 1. The first-order valence-electron chi connectivity index (χ1n) is 14.0. The SMILES string of the molecule is C/C1=C(\OC2CCNCC2)CCC=C(N2CCCC2)C=C1.C=C(CNc1ccc(Cl)cn1)c1sccc1NC=O. The van der Waals surface area contributed by atoms with E-state index >= 15 is 0 Å². The van der Waals surface area contributed by atoms with Gasteiger partial charge in [0, 0.05) is 37.9 Å². The van der Waals surface area contributed by atoms with Crippen LogP contribution in [0.4, 0.5) is 11.5 Å². The second kappa shape index (κ2) is 15.6. The summed E-state index contributed by atoms with van der Waals surface area (Å²) >= 11 is 7.30. The van der Waals surface area contributed by atoms with E-state index in [1.54, 1.807) is 18.3 Å². The second-order valence-corrected chi connectivity index (χ2v) is 11.5. The minimum absolute atomic E-state index is 0.408. The van der Waals surface area contributed by atoms with Crippen LogP contribution in [0.3, 0.4) is 0 Å². The Morgan fingerprint density at radius 2 is 2.05 bits per heavy atom. The van der Waals surface area contributed by atoms with Gasteiger partial charge in [-0.2, -0.15) is 0 Å². The standard InChI is InChI=1S/C18H28N2O.C13H12ClN3OS/c1-15-7-8-16(20-13-2-3-14-20)5-4-6-18(15)21-17-9-11-19-12-10-17;1-9(13-11(17-8-18)4-5-19-13)6-15-12-3-2-10(14)7-16-12/h5,7-8,17,19H,2-4,6,9-14H2,1H3;2-5,7-8H,1,6H2,(H,15,16)(H,17,18)/b8-7?,16-5?,18-15+;. The molecule has 2 aromatic rings. The molecule has 5 rings (SSSR count). The van der Waals surface area contributed by atoms with Crippen LogP contribution in [0.25, 0.3) is 5.57 Å². The molecule has 2 aromatic heterocycles. The van der Waals surface area contributed by atoms with Crippen molar-refractivity contribution in [2.24, 2.45) is 0 Å². The highest BCUT2D eigenvalue weighted by Gasteiger charge is 2.18. The summed E-state index contributed by atoms with van der Waals surface area (Å²) in [4.78, 5) is 18.1. The lowest BCUT2D eigenvalue weighted by atomic mass is 10.1. The summed E-state index contributed by atoms with van der Waals surface area (Å²) < 4.78 is 6.29. The van der Waals surface area contributed by atoms with Gasteiger partial charge in [0.25, 0.3) is 0 Å². The maximum atomic E-state index is 10.5. The number of aromatic nitrogens is 1. The number of rotatable bonds is 9. The number of piperidine rings is 1. The Morgan fingerprint density at radius 1 is 1.25 bits per heavy atom. The van der Waals surface area contributed by atoms with Crippen LogP contribution in [-0.2, 0) is 9.53 Å². The molecule has 0 spiro atoms. The number of pyridine rings is 1. The van der Waals surface area contributed by atoms with Crippen LogP contribution in [0, 0.1) is 0 Å². The predicted molar refractivity (Wildman–Crippen MR) is 168 cm³/mol. The third kappa shape index (κ3) is 8.98. The normalized spacial score (nSPS) is 19.6. The van der Waals surface area contributed by atoms with Crippen molar-refractivity contribution >= 4 is 46.4 Å². The summed E-state index contributed by atoms with van der Waals surface area (Å²) in [6.45, 7) is 11.4. The van der Waals surface area contributed by atoms with Gasteiger partial charge in [0.05, 0.1) is 21.3 Å². The number of allylic oxidation sites excluding steroid dienone is 5. The number of nitrogens with zero attached hydrogens (tertiary/aromatic N) is 2. The number of anilines is 2. The Kier molecular flexibility index (Phi) is 11.7. The Hall–Kier alpha value is -3.07. The number of carbonyl (C=O) groups excluding carboxylic acids is 1. The van der Waals surface area contributed by atoms with Gasteiger partial charge in [-0.25, -0.2) is 4.98 Å². The molecule has 9 heteroatoms. The molecule has 3 N–H and O–H groups in total. The van der Waals surface area contributed by atoms with Gasteiger partial charge in [0.15, 0.2) is 0 Å². The van der Waals surface area contributed by atoms with Crippen LogP contribution in [-0.4, -0.2) is 55.1 Å². The van der Waals surface area contributed by atoms with Gasteiger partial charge in [-0.1, -0.05) is 30.3 Å². The molecule has 1 aliphatic carbocycles. The summed E-state index contributed by atoms with van der Waals surface area (Å²) in [5.41, 5.74) is 4.37. The number of carbonyl (C=O) groups is 1. The molecule has 2 fully saturated rings. The predicted octanol–water partition coefficient (Wildman–Crippen LogP) is 6.85. The molecule has 7 nitrogen and oxygen atoms in total. The first kappa shape index (κ1) is 29.9. The van der Waals surface area contributed by atoms with Crippen LogP contribution in [0.1, 0.15) is 50.3 Å². The van der Waals surface area contributed by atoms with Gasteiger partial charge in [0.1, 0.15) is 11.9 Å². The molecule has 0 unspecified atom stereocenters. The van der Waals surface area contributed by atoms with E-state index in [1.807, 2.05) is 11.4 Å². The van der Waals surface area contributed by atoms with Crippen molar-refractivity contribution in [1.82, 2.24) is 15.2 Å². The zero-order chi connectivity index (χ0) is 28.2. The molecule has 40 heavy (non-hydrogen) atoms.